The number of amides is 2. The van der Waals surface area contributed by atoms with Gasteiger partial charge in [-0.3, -0.25) is 10.1 Å². The maximum absolute atomic E-state index is 12.9. The number of aromatic nitrogens is 1. The van der Waals surface area contributed by atoms with Gasteiger partial charge in [0, 0.05) is 19.0 Å². The molecule has 1 heterocycles. The Hall–Kier alpha value is -3.36. The number of pyridine rings is 1. The number of nitrogens with one attached hydrogen (secondary N) is 2. The monoisotopic (exact) mass is 538 g/mol. The minimum absolute atomic E-state index is 0.00288. The molecule has 3 rings (SSSR count). The molecule has 1 unspecified atom stereocenters. The van der Waals surface area contributed by atoms with Crippen molar-refractivity contribution in [3.63, 3.8) is 0 Å². The summed E-state index contributed by atoms with van der Waals surface area (Å²) in [7, 11) is -1.14. The predicted molar refractivity (Wildman–Crippen MR) is 133 cm³/mol. The van der Waals surface area contributed by atoms with Crippen molar-refractivity contribution in [2.75, 3.05) is 5.32 Å². The van der Waals surface area contributed by atoms with Crippen LogP contribution in [0.15, 0.2) is 53.9 Å². The van der Waals surface area contributed by atoms with E-state index in [-0.39, 0.29) is 35.8 Å². The molecule has 192 valence electrons. The van der Waals surface area contributed by atoms with Gasteiger partial charge in [0.1, 0.15) is 19.0 Å². The molecule has 1 aromatic heterocycles. The van der Waals surface area contributed by atoms with Crippen molar-refractivity contribution >= 4 is 36.1 Å². The highest BCUT2D eigenvalue weighted by Crippen LogP contribution is 2.32. The Labute approximate surface area is 212 Å². The van der Waals surface area contributed by atoms with Crippen LogP contribution < -0.4 is 10.6 Å². The van der Waals surface area contributed by atoms with Gasteiger partial charge in [-0.25, -0.2) is 9.78 Å². The number of allylic oxidation sites excluding steroid dienone is 1. The van der Waals surface area contributed by atoms with Crippen LogP contribution in [0, 0.1) is 11.3 Å². The molecule has 1 aliphatic rings. The Morgan fingerprint density at radius 1 is 1.19 bits per heavy atom. The number of hydrogen-bond acceptors (Lipinski definition) is 5. The highest BCUT2D eigenvalue weighted by atomic mass is 35.6. The topological polar surface area (TPSA) is 115 Å². The third-order valence-corrected chi connectivity index (χ3v) is 4.69. The first kappa shape index (κ1) is 28.9. The van der Waals surface area contributed by atoms with E-state index in [4.69, 9.17) is 16.3 Å². The normalized spacial score (nSPS) is 14.8. The van der Waals surface area contributed by atoms with E-state index in [0.717, 1.165) is 12.3 Å². The third-order valence-electron chi connectivity index (χ3n) is 4.69. The van der Waals surface area contributed by atoms with Crippen LogP contribution in [0.4, 0.5) is 23.8 Å². The molecule has 7 nitrogen and oxygen atoms in total. The van der Waals surface area contributed by atoms with Gasteiger partial charge in [0.15, 0.2) is 5.78 Å². The van der Waals surface area contributed by atoms with Gasteiger partial charge in [-0.05, 0) is 36.2 Å². The van der Waals surface area contributed by atoms with E-state index < -0.39 is 31.2 Å². The van der Waals surface area contributed by atoms with Crippen molar-refractivity contribution < 1.29 is 27.9 Å². The summed E-state index contributed by atoms with van der Waals surface area (Å²) in [6.45, 7) is 6.28. The number of rotatable bonds is 4. The average molecular weight is 539 g/mol. The van der Waals surface area contributed by atoms with Gasteiger partial charge in [-0.15, -0.1) is 0 Å². The SMILES string of the molecule is C[Si](C)(C)Cl.N#Cc1ccc(C(NC(=O)Nc2cc(C(F)(F)F)ccn2)C2=C(O)CCCC2=O)cc1. The van der Waals surface area contributed by atoms with Crippen LogP contribution in [-0.4, -0.2) is 29.3 Å². The number of urea groups is 1. The van der Waals surface area contributed by atoms with Crippen LogP contribution in [0.2, 0.25) is 19.6 Å². The van der Waals surface area contributed by atoms with E-state index in [9.17, 15) is 27.9 Å². The van der Waals surface area contributed by atoms with Crippen molar-refractivity contribution in [1.29, 1.82) is 5.26 Å². The fourth-order valence-corrected chi connectivity index (χ4v) is 3.21. The minimum atomic E-state index is -4.61. The lowest BCUT2D eigenvalue weighted by atomic mass is 9.87. The van der Waals surface area contributed by atoms with Gasteiger partial charge in [0.05, 0.1) is 28.8 Å². The van der Waals surface area contributed by atoms with Crippen molar-refractivity contribution in [1.82, 2.24) is 10.3 Å². The first-order valence-corrected chi connectivity index (χ1v) is 15.4. The number of aliphatic hydroxyl groups is 1. The molecule has 0 bridgehead atoms. The zero-order valence-corrected chi connectivity index (χ0v) is 21.7. The van der Waals surface area contributed by atoms with E-state index >= 15 is 0 Å². The number of halogens is 4. The summed E-state index contributed by atoms with van der Waals surface area (Å²) in [5, 5.41) is 24.0. The molecular formula is C24H26ClF3N4O3Si. The molecule has 1 atom stereocenters. The highest BCUT2D eigenvalue weighted by Gasteiger charge is 2.32. The molecule has 3 N–H and O–H groups in total. The minimum Gasteiger partial charge on any atom is -0.512 e. The Kier molecular flexibility index (Phi) is 9.67. The summed E-state index contributed by atoms with van der Waals surface area (Å²) in [6.07, 6.45) is -2.78. The van der Waals surface area contributed by atoms with Gasteiger partial charge in [-0.1, -0.05) is 31.8 Å². The van der Waals surface area contributed by atoms with Crippen LogP contribution in [-0.2, 0) is 11.0 Å². The second-order valence-corrected chi connectivity index (χ2v) is 16.4. The first-order valence-electron chi connectivity index (χ1n) is 10.9. The molecule has 0 spiro atoms. The summed E-state index contributed by atoms with van der Waals surface area (Å²) < 4.78 is 38.6. The second kappa shape index (κ2) is 12.1. The summed E-state index contributed by atoms with van der Waals surface area (Å²) in [4.78, 5) is 28.7. The van der Waals surface area contributed by atoms with Crippen LogP contribution >= 0.6 is 11.1 Å². The summed E-state index contributed by atoms with van der Waals surface area (Å²) >= 11 is 5.67. The number of ketones is 1. The quantitative estimate of drug-likeness (QED) is 0.305. The standard InChI is InChI=1S/C21H17F3N4O3.C3H9ClSi/c22-21(23,24)14-8-9-26-17(10-14)27-20(31)28-19(13-6-4-12(11-25)5-7-13)18-15(29)2-1-3-16(18)30;1-5(2,3)4/h4-10,19,29H,1-3H2,(H2,26,27,28,31);1-3H3. The summed E-state index contributed by atoms with van der Waals surface area (Å²) in [6, 6.07) is 7.44. The number of nitriles is 1. The van der Waals surface area contributed by atoms with Crippen LogP contribution in [0.25, 0.3) is 0 Å². The van der Waals surface area contributed by atoms with Gasteiger partial charge in [-0.2, -0.15) is 29.5 Å². The van der Waals surface area contributed by atoms with Gasteiger partial charge in [0.25, 0.3) is 0 Å². The van der Waals surface area contributed by atoms with E-state index in [1.165, 1.54) is 24.3 Å². The smallest absolute Gasteiger partial charge is 0.416 e. The van der Waals surface area contributed by atoms with Gasteiger partial charge < -0.3 is 10.4 Å². The maximum atomic E-state index is 12.9. The summed E-state index contributed by atoms with van der Waals surface area (Å²) in [5.74, 6) is -0.849. The number of benzene rings is 1. The number of Topliss-reactive ketones (excluding diaryl/α,β-unsaturated/α-hetero) is 1. The lowest BCUT2D eigenvalue weighted by molar-refractivity contribution is -0.137. The first-order chi connectivity index (χ1) is 16.7. The molecule has 0 saturated heterocycles. The van der Waals surface area contributed by atoms with Gasteiger partial charge >= 0.3 is 12.2 Å². The van der Waals surface area contributed by atoms with E-state index in [0.29, 0.717) is 23.6 Å². The number of carbonyl (C=O) groups excluding carboxylic acids is 2. The fourth-order valence-electron chi connectivity index (χ4n) is 3.21. The van der Waals surface area contributed by atoms with E-state index in [2.05, 4.69) is 35.3 Å². The largest absolute Gasteiger partial charge is 0.512 e. The molecule has 1 aromatic carbocycles. The molecular weight excluding hydrogens is 513 g/mol. The number of aliphatic hydroxyl groups excluding tert-OH is 1. The summed E-state index contributed by atoms with van der Waals surface area (Å²) in [5.41, 5.74) is -0.205. The molecule has 0 radical (unpaired) electrons. The zero-order chi connectivity index (χ0) is 27.1. The third kappa shape index (κ3) is 9.01. The van der Waals surface area contributed by atoms with E-state index in [1.54, 1.807) is 0 Å². The number of anilines is 1. The van der Waals surface area contributed by atoms with Crippen LogP contribution in [0.3, 0.4) is 0 Å². The lowest BCUT2D eigenvalue weighted by Gasteiger charge is -2.25. The molecule has 0 fully saturated rings. The number of hydrogen-bond donors (Lipinski definition) is 3. The Bertz CT molecular complexity index is 1170. The Balaban J connectivity index is 0.000000830. The molecule has 2 aromatic rings. The Morgan fingerprint density at radius 3 is 2.33 bits per heavy atom. The van der Waals surface area contributed by atoms with E-state index in [1.807, 2.05) is 6.07 Å². The van der Waals surface area contributed by atoms with Crippen LogP contribution in [0.5, 0.6) is 0 Å². The molecule has 0 aliphatic heterocycles. The molecule has 36 heavy (non-hydrogen) atoms. The number of nitrogens with zero attached hydrogens (tertiary/aromatic N) is 2. The molecule has 12 heteroatoms. The van der Waals surface area contributed by atoms with Gasteiger partial charge in [0.2, 0.25) is 0 Å². The average Bonchev–Trinajstić information content (AvgIpc) is 2.77. The van der Waals surface area contributed by atoms with Crippen molar-refractivity contribution in [3.8, 4) is 6.07 Å². The highest BCUT2D eigenvalue weighted by molar-refractivity contribution is 7.18. The number of carbonyl (C=O) groups is 2. The molecule has 2 amide bonds. The lowest BCUT2D eigenvalue weighted by Crippen LogP contribution is -2.36. The second-order valence-electron chi connectivity index (χ2n) is 8.90. The van der Waals surface area contributed by atoms with Crippen molar-refractivity contribution in [2.45, 2.75) is 51.1 Å². The maximum Gasteiger partial charge on any atom is 0.416 e. The van der Waals surface area contributed by atoms with Crippen LogP contribution in [0.1, 0.15) is 42.0 Å². The predicted octanol–water partition coefficient (Wildman–Crippen LogP) is 6.46. The zero-order valence-electron chi connectivity index (χ0n) is 19.9. The molecule has 1 aliphatic carbocycles. The molecule has 0 saturated carbocycles. The number of alkyl halides is 3. The fraction of sp³-hybridized carbons (Fsp3) is 0.333. The van der Waals surface area contributed by atoms with Crippen molar-refractivity contribution in [3.05, 3.63) is 70.6 Å². The Morgan fingerprint density at radius 2 is 1.81 bits per heavy atom. The van der Waals surface area contributed by atoms with Crippen molar-refractivity contribution in [2.24, 2.45) is 0 Å².